The Hall–Kier alpha value is -5.12. The molecule has 388 valence electrons. The van der Waals surface area contributed by atoms with Crippen molar-refractivity contribution in [3.63, 3.8) is 0 Å². The first-order chi connectivity index (χ1) is 34.6. The molecule has 71 heavy (non-hydrogen) atoms. The number of likely N-dealkylation sites (N-methyl/N-ethyl adjacent to an activating group) is 1. The first-order valence-electron chi connectivity index (χ1n) is 24.9. The summed E-state index contributed by atoms with van der Waals surface area (Å²) in [7, 11) is 1.99. The third kappa shape index (κ3) is 24.2. The number of nitrogens with one attached hydrogen (secondary N) is 7. The third-order valence-corrected chi connectivity index (χ3v) is 13.7. The van der Waals surface area contributed by atoms with E-state index in [1.807, 2.05) is 73.4 Å². The molecule has 0 bridgehead atoms. The molecule has 0 aliphatic carbocycles. The minimum Gasteiger partial charge on any atom is -0.379 e. The molecule has 2 fully saturated rings. The molecule has 1 aromatic heterocycles. The normalized spacial score (nSPS) is 16.2. The number of hydrogen-bond acceptors (Lipinski definition) is 14. The average molecular weight is 1070 g/mol. The summed E-state index contributed by atoms with van der Waals surface area (Å²) in [4.78, 5) is 71.6. The van der Waals surface area contributed by atoms with Gasteiger partial charge in [0.1, 0.15) is 18.0 Å². The summed E-state index contributed by atoms with van der Waals surface area (Å²) < 4.78 is 17.7. The summed E-state index contributed by atoms with van der Waals surface area (Å²) in [6, 6.07) is 17.3. The van der Waals surface area contributed by atoms with Crippen molar-refractivity contribution in [1.82, 2.24) is 36.1 Å². The van der Waals surface area contributed by atoms with E-state index in [9.17, 15) is 24.0 Å². The molecule has 2 aromatic carbocycles. The fraction of sp³-hybridized carbons (Fsp3) is 0.549. The number of ether oxygens (including phenoxy) is 3. The van der Waals surface area contributed by atoms with Gasteiger partial charge in [0, 0.05) is 122 Å². The van der Waals surface area contributed by atoms with E-state index < -0.39 is 0 Å². The number of carbonyl (C=O) groups excluding carboxylic acids is 5. The summed E-state index contributed by atoms with van der Waals surface area (Å²) in [6.45, 7) is 6.01. The number of rotatable bonds is 36. The zero-order chi connectivity index (χ0) is 50.3. The second-order valence-electron chi connectivity index (χ2n) is 17.6. The molecule has 0 radical (unpaired) electrons. The van der Waals surface area contributed by atoms with Crippen molar-refractivity contribution in [2.24, 2.45) is 5.92 Å². The van der Waals surface area contributed by atoms with E-state index in [0.29, 0.717) is 139 Å². The highest BCUT2D eigenvalue weighted by atomic mass is 79.9. The van der Waals surface area contributed by atoms with Crippen LogP contribution in [0.3, 0.4) is 0 Å². The summed E-state index contributed by atoms with van der Waals surface area (Å²) in [5.41, 5.74) is 2.30. The van der Waals surface area contributed by atoms with E-state index in [0.717, 1.165) is 66.7 Å². The Morgan fingerprint density at radius 2 is 1.32 bits per heavy atom. The van der Waals surface area contributed by atoms with Gasteiger partial charge in [-0.15, -0.1) is 0 Å². The molecule has 5 amide bonds. The van der Waals surface area contributed by atoms with Gasteiger partial charge in [-0.05, 0) is 94.9 Å². The summed E-state index contributed by atoms with van der Waals surface area (Å²) >= 11 is 5.44. The maximum Gasteiger partial charge on any atom is 0.248 e. The lowest BCUT2D eigenvalue weighted by molar-refractivity contribution is -0.123. The molecule has 3 aromatic rings. The molecule has 3 heterocycles. The molecule has 2 saturated heterocycles. The number of hydrogen-bond donors (Lipinski definition) is 7. The SMILES string of the molecule is CN(C/C=C/C(=O)Nc1cccc(Nc2cc(Nc3cccc(Br)c3)ncn2)c1)CCCCNC(=O)CCCC(=O)NCCCOCCOCCOCCCNC(=O)CCCC[C@@H]1SC[C@@H]2NC(=O)C[C@@H]21. The Bertz CT molecular complexity index is 2140. The fourth-order valence-corrected chi connectivity index (χ4v) is 10.0. The van der Waals surface area contributed by atoms with Crippen molar-refractivity contribution >= 4 is 85.9 Å². The van der Waals surface area contributed by atoms with Crippen LogP contribution in [-0.4, -0.2) is 141 Å². The smallest absolute Gasteiger partial charge is 0.248 e. The van der Waals surface area contributed by atoms with Crippen molar-refractivity contribution in [2.75, 3.05) is 101 Å². The summed E-state index contributed by atoms with van der Waals surface area (Å²) in [5, 5.41) is 21.8. The first-order valence-corrected chi connectivity index (χ1v) is 26.8. The molecule has 20 heteroatoms. The van der Waals surface area contributed by atoms with Crippen molar-refractivity contribution in [2.45, 2.75) is 88.3 Å². The van der Waals surface area contributed by atoms with E-state index in [1.165, 1.54) is 12.4 Å². The van der Waals surface area contributed by atoms with Crippen LogP contribution in [-0.2, 0) is 38.2 Å². The molecule has 18 nitrogen and oxygen atoms in total. The van der Waals surface area contributed by atoms with Crippen LogP contribution >= 0.6 is 27.7 Å². The molecule has 0 unspecified atom stereocenters. The van der Waals surface area contributed by atoms with Crippen LogP contribution in [0.5, 0.6) is 0 Å². The molecule has 7 N–H and O–H groups in total. The topological polar surface area (TPSA) is 226 Å². The highest BCUT2D eigenvalue weighted by Gasteiger charge is 2.42. The highest BCUT2D eigenvalue weighted by Crippen LogP contribution is 2.40. The van der Waals surface area contributed by atoms with Crippen molar-refractivity contribution in [3.8, 4) is 0 Å². The van der Waals surface area contributed by atoms with Gasteiger partial charge in [-0.2, -0.15) is 11.8 Å². The second-order valence-corrected chi connectivity index (χ2v) is 19.8. The molecule has 0 spiro atoms. The number of carbonyl (C=O) groups is 5. The van der Waals surface area contributed by atoms with Crippen LogP contribution in [0.25, 0.3) is 0 Å². The predicted molar refractivity (Wildman–Crippen MR) is 283 cm³/mol. The predicted octanol–water partition coefficient (Wildman–Crippen LogP) is 6.46. The first kappa shape index (κ1) is 56.8. The number of benzene rings is 2. The van der Waals surface area contributed by atoms with Crippen molar-refractivity contribution in [3.05, 3.63) is 77.5 Å². The lowest BCUT2D eigenvalue weighted by Gasteiger charge is -2.15. The number of anilines is 5. The largest absolute Gasteiger partial charge is 0.379 e. The Balaban J connectivity index is 0.747. The lowest BCUT2D eigenvalue weighted by atomic mass is 9.94. The molecule has 5 rings (SSSR count). The number of amides is 5. The van der Waals surface area contributed by atoms with E-state index in [2.05, 4.69) is 68.0 Å². The van der Waals surface area contributed by atoms with Gasteiger partial charge in [-0.3, -0.25) is 24.0 Å². The van der Waals surface area contributed by atoms with Crippen LogP contribution in [0.4, 0.5) is 28.7 Å². The maximum atomic E-state index is 12.6. The zero-order valence-electron chi connectivity index (χ0n) is 41.0. The van der Waals surface area contributed by atoms with E-state index in [1.54, 1.807) is 6.07 Å². The van der Waals surface area contributed by atoms with Gasteiger partial charge in [-0.25, -0.2) is 9.97 Å². The molecular formula is C51H73BrN10O8S. The van der Waals surface area contributed by atoms with Crippen LogP contribution in [0.1, 0.15) is 77.0 Å². The van der Waals surface area contributed by atoms with Gasteiger partial charge in [-0.1, -0.05) is 40.6 Å². The zero-order valence-corrected chi connectivity index (χ0v) is 43.4. The fourth-order valence-electron chi connectivity index (χ4n) is 7.97. The van der Waals surface area contributed by atoms with Crippen LogP contribution in [0.15, 0.2) is 77.5 Å². The van der Waals surface area contributed by atoms with Gasteiger partial charge in [0.15, 0.2) is 0 Å². The van der Waals surface area contributed by atoms with Gasteiger partial charge >= 0.3 is 0 Å². The van der Waals surface area contributed by atoms with Gasteiger partial charge in [0.2, 0.25) is 29.5 Å². The van der Waals surface area contributed by atoms with Gasteiger partial charge in [0.05, 0.1) is 26.4 Å². The number of unbranched alkanes of at least 4 members (excludes halogenated alkanes) is 2. The number of nitrogens with zero attached hydrogens (tertiary/aromatic N) is 3. The quantitative estimate of drug-likeness (QED) is 0.0245. The van der Waals surface area contributed by atoms with E-state index >= 15 is 0 Å². The van der Waals surface area contributed by atoms with Crippen LogP contribution < -0.4 is 37.2 Å². The van der Waals surface area contributed by atoms with Crippen LogP contribution in [0.2, 0.25) is 0 Å². The number of aromatic nitrogens is 2. The Labute approximate surface area is 431 Å². The average Bonchev–Trinajstić information content (AvgIpc) is 3.90. The molecular weight excluding hydrogens is 993 g/mol. The molecule has 0 saturated carbocycles. The van der Waals surface area contributed by atoms with E-state index in [-0.39, 0.29) is 29.5 Å². The second kappa shape index (κ2) is 33.5. The number of halogens is 1. The maximum absolute atomic E-state index is 12.6. The lowest BCUT2D eigenvalue weighted by Crippen LogP contribution is -2.29. The van der Waals surface area contributed by atoms with Gasteiger partial charge in [0.25, 0.3) is 0 Å². The van der Waals surface area contributed by atoms with Crippen molar-refractivity contribution < 1.29 is 38.2 Å². The number of thioether (sulfide) groups is 1. The Morgan fingerprint density at radius 3 is 1.99 bits per heavy atom. The summed E-state index contributed by atoms with van der Waals surface area (Å²) in [5.74, 6) is 2.61. The highest BCUT2D eigenvalue weighted by molar-refractivity contribution is 9.10. The van der Waals surface area contributed by atoms with Gasteiger partial charge < -0.3 is 56.3 Å². The monoisotopic (exact) mass is 1060 g/mol. The van der Waals surface area contributed by atoms with Crippen molar-refractivity contribution in [1.29, 1.82) is 0 Å². The molecule has 2 aliphatic rings. The molecule has 3 atom stereocenters. The Kier molecular flexibility index (Phi) is 26.8. The molecule has 2 aliphatic heterocycles. The van der Waals surface area contributed by atoms with E-state index in [4.69, 9.17) is 14.2 Å². The minimum atomic E-state index is -0.230. The third-order valence-electron chi connectivity index (χ3n) is 11.7. The minimum absolute atomic E-state index is 0.0604. The standard InChI is InChI=1S/C51H73BrN10O8S/c1-62(25-9-20-50(66)60-41-15-7-14-40(33-41)59-46-35-45(56-37-57-46)58-39-13-6-12-38(52)32-39)24-5-4-21-53-48(64)18-8-19-49(65)55-23-11-27-69-29-31-70-30-28-68-26-10-22-54-47(63)17-3-2-16-44-42-34-51(67)61-43(42)36-71-44/h6-7,9,12-15,20,32-33,35,37,42-44H,2-5,8,10-11,16-19,21-31,34,36H2,1H3,(H,53,64)(H,54,63)(H,55,65)(H,60,66)(H,61,67)(H2,56,57,58,59)/b20-9+/t42-,43-,44-/m0/s1. The van der Waals surface area contributed by atoms with Crippen LogP contribution in [0, 0.1) is 5.92 Å². The number of fused-ring (bicyclic) bond motifs is 1. The Morgan fingerprint density at radius 1 is 0.732 bits per heavy atom. The summed E-state index contributed by atoms with van der Waals surface area (Å²) in [6.07, 6.45) is 13.2.